The lowest BCUT2D eigenvalue weighted by atomic mass is 10.2. The maximum atomic E-state index is 5.26. The van der Waals surface area contributed by atoms with Crippen LogP contribution in [-0.4, -0.2) is 31.9 Å². The predicted octanol–water partition coefficient (Wildman–Crippen LogP) is 3.69. The van der Waals surface area contributed by atoms with E-state index in [9.17, 15) is 0 Å². The lowest BCUT2D eigenvalue weighted by molar-refractivity contribution is 0.415. The Balaban J connectivity index is 1.83. The molecule has 0 aliphatic heterocycles. The van der Waals surface area contributed by atoms with Crippen molar-refractivity contribution in [2.75, 3.05) is 7.11 Å². The van der Waals surface area contributed by atoms with Crippen LogP contribution in [0.4, 0.5) is 0 Å². The third kappa shape index (κ3) is 2.60. The molecule has 0 spiro atoms. The Hall–Kier alpha value is -2.32. The third-order valence-electron chi connectivity index (χ3n) is 3.27. The average molecular weight is 388 g/mol. The van der Waals surface area contributed by atoms with Gasteiger partial charge in [-0.05, 0) is 34.1 Å². The highest BCUT2D eigenvalue weighted by molar-refractivity contribution is 9.10. The fourth-order valence-electron chi connectivity index (χ4n) is 2.20. The van der Waals surface area contributed by atoms with Crippen LogP contribution in [0.25, 0.3) is 26.9 Å². The van der Waals surface area contributed by atoms with Gasteiger partial charge in [0.25, 0.3) is 0 Å². The quantitative estimate of drug-likeness (QED) is 0.536. The summed E-state index contributed by atoms with van der Waals surface area (Å²) in [6, 6.07) is 9.65. The zero-order chi connectivity index (χ0) is 15.8. The maximum Gasteiger partial charge on any atom is 0.235 e. The van der Waals surface area contributed by atoms with Gasteiger partial charge in [-0.1, -0.05) is 23.5 Å². The van der Waals surface area contributed by atoms with Gasteiger partial charge >= 0.3 is 0 Å². The molecule has 0 saturated carbocycles. The summed E-state index contributed by atoms with van der Waals surface area (Å²) in [4.78, 5) is 4.91. The molecule has 3 aromatic heterocycles. The van der Waals surface area contributed by atoms with E-state index in [0.29, 0.717) is 5.82 Å². The molecule has 0 saturated heterocycles. The zero-order valence-electron chi connectivity index (χ0n) is 12.0. The molecular weight excluding hydrogens is 378 g/mol. The van der Waals surface area contributed by atoms with Crippen molar-refractivity contribution in [3.8, 4) is 27.7 Å². The van der Waals surface area contributed by atoms with Gasteiger partial charge in [-0.15, -0.1) is 10.2 Å². The molecule has 114 valence electrons. The van der Waals surface area contributed by atoms with Crippen molar-refractivity contribution in [2.45, 2.75) is 0 Å². The van der Waals surface area contributed by atoms with Crippen LogP contribution in [0, 0.1) is 0 Å². The lowest BCUT2D eigenvalue weighted by Crippen LogP contribution is -1.92. The van der Waals surface area contributed by atoms with Crippen molar-refractivity contribution in [2.24, 2.45) is 0 Å². The van der Waals surface area contributed by atoms with Gasteiger partial charge in [0.1, 0.15) is 10.8 Å². The van der Waals surface area contributed by atoms with E-state index in [4.69, 9.17) is 4.74 Å². The van der Waals surface area contributed by atoms with Gasteiger partial charge in [0.2, 0.25) is 4.96 Å². The Bertz CT molecular complexity index is 996. The van der Waals surface area contributed by atoms with E-state index in [1.54, 1.807) is 24.0 Å². The summed E-state index contributed by atoms with van der Waals surface area (Å²) in [5.41, 5.74) is 1.84. The van der Waals surface area contributed by atoms with Gasteiger partial charge in [0.15, 0.2) is 5.82 Å². The SMILES string of the molecule is COc1cccc(-c2nnc3sc(-c4cncc(Br)c4)nn23)c1. The number of benzene rings is 1. The minimum Gasteiger partial charge on any atom is -0.497 e. The Morgan fingerprint density at radius 2 is 2.04 bits per heavy atom. The Labute approximate surface area is 143 Å². The number of fused-ring (bicyclic) bond motifs is 1. The van der Waals surface area contributed by atoms with Crippen LogP contribution in [0.15, 0.2) is 47.2 Å². The first-order valence-electron chi connectivity index (χ1n) is 6.72. The highest BCUT2D eigenvalue weighted by Gasteiger charge is 2.15. The summed E-state index contributed by atoms with van der Waals surface area (Å²) in [5, 5.41) is 13.9. The minimum atomic E-state index is 0.685. The summed E-state index contributed by atoms with van der Waals surface area (Å²) in [5.74, 6) is 1.45. The van der Waals surface area contributed by atoms with Crippen LogP contribution in [-0.2, 0) is 0 Å². The molecule has 3 heterocycles. The van der Waals surface area contributed by atoms with E-state index in [1.807, 2.05) is 30.3 Å². The van der Waals surface area contributed by atoms with Crippen LogP contribution >= 0.6 is 27.3 Å². The van der Waals surface area contributed by atoms with Crippen molar-refractivity contribution in [1.82, 2.24) is 24.8 Å². The fourth-order valence-corrected chi connectivity index (χ4v) is 3.39. The Morgan fingerprint density at radius 1 is 1.13 bits per heavy atom. The van der Waals surface area contributed by atoms with Gasteiger partial charge in [-0.25, -0.2) is 0 Å². The fraction of sp³-hybridized carbons (Fsp3) is 0.0667. The molecule has 0 amide bonds. The molecule has 0 atom stereocenters. The molecule has 0 aliphatic carbocycles. The monoisotopic (exact) mass is 387 g/mol. The van der Waals surface area contributed by atoms with Crippen LogP contribution in [0.5, 0.6) is 5.75 Å². The van der Waals surface area contributed by atoms with Gasteiger partial charge in [0, 0.05) is 28.0 Å². The summed E-state index contributed by atoms with van der Waals surface area (Å²) in [6.45, 7) is 0. The van der Waals surface area contributed by atoms with Gasteiger partial charge in [-0.3, -0.25) is 4.98 Å². The number of rotatable bonds is 3. The summed E-state index contributed by atoms with van der Waals surface area (Å²) in [6.07, 6.45) is 3.52. The van der Waals surface area contributed by atoms with Crippen LogP contribution in [0.2, 0.25) is 0 Å². The first kappa shape index (κ1) is 14.3. The molecule has 4 aromatic rings. The Morgan fingerprint density at radius 3 is 2.87 bits per heavy atom. The average Bonchev–Trinajstić information content (AvgIpc) is 3.15. The molecule has 0 aliphatic rings. The first-order chi connectivity index (χ1) is 11.2. The number of hydrogen-bond acceptors (Lipinski definition) is 6. The normalized spacial score (nSPS) is 11.0. The smallest absolute Gasteiger partial charge is 0.235 e. The van der Waals surface area contributed by atoms with E-state index < -0.39 is 0 Å². The molecular formula is C15H10BrN5OS. The highest BCUT2D eigenvalue weighted by Crippen LogP contribution is 2.29. The topological polar surface area (TPSA) is 65.2 Å². The van der Waals surface area contributed by atoms with Crippen molar-refractivity contribution in [3.05, 3.63) is 47.2 Å². The number of ether oxygens (including phenoxy) is 1. The second kappa shape index (κ2) is 5.71. The van der Waals surface area contributed by atoms with E-state index >= 15 is 0 Å². The summed E-state index contributed by atoms with van der Waals surface area (Å²) >= 11 is 4.90. The molecule has 6 nitrogen and oxygen atoms in total. The molecule has 4 rings (SSSR count). The zero-order valence-corrected chi connectivity index (χ0v) is 14.4. The van der Waals surface area contributed by atoms with Crippen LogP contribution in [0.1, 0.15) is 0 Å². The number of halogens is 1. The number of nitrogens with zero attached hydrogens (tertiary/aromatic N) is 5. The number of aromatic nitrogens is 5. The standard InChI is InChI=1S/C15H10BrN5OS/c1-22-12-4-2-3-9(6-12)13-18-19-15-21(13)20-14(23-15)10-5-11(16)8-17-7-10/h2-8H,1H3. The number of hydrogen-bond donors (Lipinski definition) is 0. The third-order valence-corrected chi connectivity index (χ3v) is 4.65. The summed E-state index contributed by atoms with van der Waals surface area (Å²) < 4.78 is 7.92. The largest absolute Gasteiger partial charge is 0.497 e. The maximum absolute atomic E-state index is 5.26. The van der Waals surface area contributed by atoms with E-state index in [0.717, 1.165) is 31.3 Å². The minimum absolute atomic E-state index is 0.685. The van der Waals surface area contributed by atoms with Crippen molar-refractivity contribution in [3.63, 3.8) is 0 Å². The molecule has 23 heavy (non-hydrogen) atoms. The van der Waals surface area contributed by atoms with E-state index in [1.165, 1.54) is 11.3 Å². The molecule has 0 fully saturated rings. The summed E-state index contributed by atoms with van der Waals surface area (Å²) in [7, 11) is 1.64. The number of pyridine rings is 1. The molecule has 1 aromatic carbocycles. The van der Waals surface area contributed by atoms with Crippen LogP contribution < -0.4 is 4.74 Å². The van der Waals surface area contributed by atoms with Gasteiger partial charge in [-0.2, -0.15) is 9.61 Å². The first-order valence-corrected chi connectivity index (χ1v) is 8.33. The van der Waals surface area contributed by atoms with Crippen molar-refractivity contribution in [1.29, 1.82) is 0 Å². The van der Waals surface area contributed by atoms with Crippen LogP contribution in [0.3, 0.4) is 0 Å². The lowest BCUT2D eigenvalue weighted by Gasteiger charge is -2.01. The molecule has 8 heteroatoms. The van der Waals surface area contributed by atoms with Gasteiger partial charge < -0.3 is 4.74 Å². The second-order valence-electron chi connectivity index (χ2n) is 4.75. The van der Waals surface area contributed by atoms with Crippen molar-refractivity contribution < 1.29 is 4.74 Å². The molecule has 0 unspecified atom stereocenters. The van der Waals surface area contributed by atoms with E-state index in [-0.39, 0.29) is 0 Å². The number of methoxy groups -OCH3 is 1. The Kier molecular flexibility index (Phi) is 3.55. The van der Waals surface area contributed by atoms with Gasteiger partial charge in [0.05, 0.1) is 7.11 Å². The molecule has 0 bridgehead atoms. The molecule has 0 N–H and O–H groups in total. The van der Waals surface area contributed by atoms with E-state index in [2.05, 4.69) is 36.2 Å². The second-order valence-corrected chi connectivity index (χ2v) is 6.62. The predicted molar refractivity (Wildman–Crippen MR) is 91.6 cm³/mol. The highest BCUT2D eigenvalue weighted by atomic mass is 79.9. The molecule has 0 radical (unpaired) electrons. The van der Waals surface area contributed by atoms with Crippen molar-refractivity contribution >= 4 is 32.2 Å².